The molecule has 8 aromatic carbocycles. The van der Waals surface area contributed by atoms with Crippen LogP contribution in [0.1, 0.15) is 315 Å². The first-order valence-electron chi connectivity index (χ1n) is 49.4. The van der Waals surface area contributed by atoms with Gasteiger partial charge in [-0.3, -0.25) is 43.2 Å². The normalized spacial score (nSPS) is 14.3. The third kappa shape index (κ3) is 38.7. The molecule has 20 heteroatoms. The number of morpholine rings is 1. The number of esters is 2. The van der Waals surface area contributed by atoms with Crippen molar-refractivity contribution in [1.82, 2.24) is 29.4 Å². The third-order valence-corrected chi connectivity index (χ3v) is 25.7. The maximum atomic E-state index is 12.3. The molecule has 4 aliphatic rings. The fraction of sp³-hybridized carbons (Fsp3) is 0.513. The number of amides is 6. The van der Waals surface area contributed by atoms with Crippen LogP contribution in [0.15, 0.2) is 194 Å². The van der Waals surface area contributed by atoms with Gasteiger partial charge in [0.25, 0.3) is 0 Å². The van der Waals surface area contributed by atoms with Crippen LogP contribution in [0.5, 0.6) is 0 Å². The number of carboxylic acids is 1. The Morgan fingerprint density at radius 2 is 0.686 bits per heavy atom. The van der Waals surface area contributed by atoms with Crippen LogP contribution in [0.25, 0.3) is 0 Å². The van der Waals surface area contributed by atoms with Crippen molar-refractivity contribution in [3.8, 4) is 0 Å². The quantitative estimate of drug-likeness (QED) is 0.0497. The second kappa shape index (κ2) is 57.3. The topological polar surface area (TPSA) is 230 Å². The summed E-state index contributed by atoms with van der Waals surface area (Å²) in [4.78, 5) is 117. The van der Waals surface area contributed by atoms with E-state index >= 15 is 0 Å². The van der Waals surface area contributed by atoms with Gasteiger partial charge in [0.2, 0.25) is 35.4 Å². The van der Waals surface area contributed by atoms with Crippen LogP contribution < -0.4 is 0 Å². The molecule has 137 heavy (non-hydrogen) atoms. The predicted octanol–water partition coefficient (Wildman–Crippen LogP) is 22.0. The zero-order valence-electron chi connectivity index (χ0n) is 88.3. The SMILES string of the molecule is CC(C)c1cccc(C(C)(C)C(=O)O)c1.CC(C)c1cccc(CC(=O)N(C)C)c1.CC(C)c1cccc(CC(=O)N2CCCC2)c1.CC(C)c1cccc(CC(=O)N2CCN(C)C(=O)C2)c1.CC(C)c1cccc(CC(=O)N2CCOCC2)c1.CCOC(=O)C(C)(C)c1cccc(C(C)C)c1.COC(=O)C(C)(C)c1cccc(C(C)C)c1.COC1CCN(C(=O)Cc2cccc(C(C)C)c2)C1. The lowest BCUT2D eigenvalue weighted by molar-refractivity contribution is -0.149. The number of rotatable bonds is 26. The molecule has 4 aliphatic heterocycles. The minimum atomic E-state index is -0.815. The lowest BCUT2D eigenvalue weighted by Crippen LogP contribution is -2.51. The minimum Gasteiger partial charge on any atom is -0.481 e. The van der Waals surface area contributed by atoms with E-state index < -0.39 is 22.2 Å². The molecule has 1 N–H and O–H groups in total. The highest BCUT2D eigenvalue weighted by Gasteiger charge is 2.35. The zero-order valence-corrected chi connectivity index (χ0v) is 88.3. The summed E-state index contributed by atoms with van der Waals surface area (Å²) in [6.07, 6.45) is 5.92. The van der Waals surface area contributed by atoms with Gasteiger partial charge in [-0.1, -0.05) is 305 Å². The number of likely N-dealkylation sites (tertiary alicyclic amines) is 2. The first-order chi connectivity index (χ1) is 64.5. The van der Waals surface area contributed by atoms with Crippen LogP contribution in [0.2, 0.25) is 0 Å². The number of methoxy groups -OCH3 is 2. The molecule has 1 unspecified atom stereocenters. The van der Waals surface area contributed by atoms with E-state index in [0.29, 0.717) is 112 Å². The van der Waals surface area contributed by atoms with Crippen LogP contribution in [0.3, 0.4) is 0 Å². The Morgan fingerprint density at radius 1 is 0.387 bits per heavy atom. The van der Waals surface area contributed by atoms with Crippen LogP contribution in [-0.2, 0) is 110 Å². The van der Waals surface area contributed by atoms with E-state index in [0.717, 1.165) is 103 Å². The molecular formula is C117H166N6O14. The van der Waals surface area contributed by atoms with Crippen molar-refractivity contribution in [2.24, 2.45) is 0 Å². The third-order valence-electron chi connectivity index (χ3n) is 25.7. The maximum Gasteiger partial charge on any atom is 0.315 e. The predicted molar refractivity (Wildman–Crippen MR) is 556 cm³/mol. The fourth-order valence-electron chi connectivity index (χ4n) is 15.5. The summed E-state index contributed by atoms with van der Waals surface area (Å²) in [5.74, 6) is 3.59. The first-order valence-corrected chi connectivity index (χ1v) is 49.4. The molecule has 12 rings (SSSR count). The highest BCUT2D eigenvalue weighted by Crippen LogP contribution is 2.32. The number of hydrogen-bond acceptors (Lipinski definition) is 13. The Balaban J connectivity index is 0.000000277. The van der Waals surface area contributed by atoms with E-state index in [1.54, 1.807) is 56.8 Å². The molecule has 0 spiro atoms. The molecule has 4 saturated heterocycles. The van der Waals surface area contributed by atoms with Crippen molar-refractivity contribution >= 4 is 53.4 Å². The number of hydrogen-bond donors (Lipinski definition) is 1. The smallest absolute Gasteiger partial charge is 0.315 e. The maximum absolute atomic E-state index is 12.3. The number of aliphatic carboxylic acids is 1. The van der Waals surface area contributed by atoms with Gasteiger partial charge < -0.3 is 53.5 Å². The van der Waals surface area contributed by atoms with Crippen molar-refractivity contribution in [3.05, 3.63) is 283 Å². The summed E-state index contributed by atoms with van der Waals surface area (Å²) in [7, 11) is 8.49. The van der Waals surface area contributed by atoms with Crippen molar-refractivity contribution in [2.75, 3.05) is 114 Å². The van der Waals surface area contributed by atoms with Gasteiger partial charge in [0.05, 0.1) is 87.9 Å². The number of likely N-dealkylation sites (N-methyl/N-ethyl adjacent to an activating group) is 2. The van der Waals surface area contributed by atoms with Crippen LogP contribution in [0.4, 0.5) is 0 Å². The van der Waals surface area contributed by atoms with Crippen LogP contribution >= 0.6 is 0 Å². The van der Waals surface area contributed by atoms with Gasteiger partial charge in [0.1, 0.15) is 0 Å². The largest absolute Gasteiger partial charge is 0.481 e. The second-order valence-corrected chi connectivity index (χ2v) is 40.6. The molecule has 0 radical (unpaired) electrons. The standard InChI is InChI=1S/C16H22N2O2.C16H23NO2.C15H21NO2.C15H21NO.C15H22O2.C14H20O2.C13H19NO.C13H18O2/c1-12(2)14-6-4-5-13(9-14)10-15(19)18-8-7-17(3)16(20)11-18;1-12(2)14-6-4-5-13(9-14)10-16(18)17-8-7-15(11-17)19-3;1-12(2)14-5-3-4-13(10-14)11-15(17)16-6-8-18-9-7-16;1-12(2)14-7-5-6-13(10-14)11-15(17)16-8-3-4-9-16;1-6-17-14(16)15(4,5)13-9-7-8-12(10-13)11(2)3;1-10(2)11-7-6-8-12(9-11)14(3,4)13(15)16-5;1-10(2)12-7-5-6-11(8-12)9-13(15)14(3)4;1-9(2)10-6-5-7-11(8-10)13(3,4)12(14)15/h4-6,9,12H,7-8,10-11H2,1-3H3;4-6,9,12,15H,7-8,10-11H2,1-3H3;3-5,10,12H,6-9,11H2,1-2H3;5-7,10,12H,3-4,8-9,11H2,1-2H3;7-11H,6H2,1-5H3;6-10H,1-5H3;5-8,10H,9H2,1-4H3;5-9H,1-4H3,(H,14,15). The highest BCUT2D eigenvalue weighted by molar-refractivity contribution is 5.87. The second-order valence-electron chi connectivity index (χ2n) is 40.6. The molecule has 4 fully saturated rings. The lowest BCUT2D eigenvalue weighted by Gasteiger charge is -2.32. The Bertz CT molecular complexity index is 5120. The Labute approximate surface area is 822 Å². The summed E-state index contributed by atoms with van der Waals surface area (Å²) in [6, 6.07) is 65.6. The zero-order chi connectivity index (χ0) is 102. The van der Waals surface area contributed by atoms with Gasteiger partial charge in [-0.05, 0) is 204 Å². The highest BCUT2D eigenvalue weighted by atomic mass is 16.5. The molecular weight excluding hydrogens is 1710 g/mol. The van der Waals surface area contributed by atoms with E-state index in [4.69, 9.17) is 24.1 Å². The molecule has 4 heterocycles. The summed E-state index contributed by atoms with van der Waals surface area (Å²) in [6.45, 7) is 55.4. The molecule has 1 atom stereocenters. The molecule has 20 nitrogen and oxygen atoms in total. The van der Waals surface area contributed by atoms with Crippen molar-refractivity contribution in [1.29, 1.82) is 0 Å². The minimum absolute atomic E-state index is 0.0144. The average Bonchev–Trinajstić information content (AvgIpc) is 1.17. The van der Waals surface area contributed by atoms with E-state index in [-0.39, 0.29) is 60.0 Å². The lowest BCUT2D eigenvalue weighted by atomic mass is 9.83. The Kier molecular flexibility index (Phi) is 48.7. The molecule has 0 aliphatic carbocycles. The summed E-state index contributed by atoms with van der Waals surface area (Å²) in [5, 5.41) is 9.12. The number of carbonyl (C=O) groups excluding carboxylic acids is 8. The van der Waals surface area contributed by atoms with Crippen LogP contribution in [0, 0.1) is 0 Å². The van der Waals surface area contributed by atoms with Gasteiger partial charge in [-0.15, -0.1) is 0 Å². The monoisotopic (exact) mass is 1880 g/mol. The van der Waals surface area contributed by atoms with Gasteiger partial charge >= 0.3 is 17.9 Å². The fourth-order valence-corrected chi connectivity index (χ4v) is 15.5. The summed E-state index contributed by atoms with van der Waals surface area (Å²) in [5.41, 5.74) is 16.5. The van der Waals surface area contributed by atoms with Crippen molar-refractivity contribution in [2.45, 2.75) is 280 Å². The van der Waals surface area contributed by atoms with Crippen LogP contribution in [-0.4, -0.2) is 208 Å². The molecule has 0 aromatic heterocycles. The summed E-state index contributed by atoms with van der Waals surface area (Å²) < 4.78 is 20.5. The van der Waals surface area contributed by atoms with E-state index in [2.05, 4.69) is 208 Å². The molecule has 8 aromatic rings. The number of ether oxygens (including phenoxy) is 4. The van der Waals surface area contributed by atoms with Gasteiger partial charge in [-0.25, -0.2) is 0 Å². The van der Waals surface area contributed by atoms with Crippen molar-refractivity contribution < 1.29 is 67.2 Å². The summed E-state index contributed by atoms with van der Waals surface area (Å²) >= 11 is 0. The van der Waals surface area contributed by atoms with E-state index in [1.165, 1.54) is 51.6 Å². The molecule has 0 bridgehead atoms. The Hall–Kier alpha value is -11.1. The van der Waals surface area contributed by atoms with Gasteiger partial charge in [0, 0.05) is 80.6 Å². The first kappa shape index (κ1) is 116. The number of carbonyl (C=O) groups is 9. The van der Waals surface area contributed by atoms with Gasteiger partial charge in [-0.2, -0.15) is 0 Å². The van der Waals surface area contributed by atoms with E-state index in [1.807, 2.05) is 146 Å². The Morgan fingerprint density at radius 3 is 0.985 bits per heavy atom. The van der Waals surface area contributed by atoms with Crippen molar-refractivity contribution in [3.63, 3.8) is 0 Å². The van der Waals surface area contributed by atoms with E-state index in [9.17, 15) is 43.2 Å². The number of piperazine rings is 1. The number of nitrogens with zero attached hydrogens (tertiary/aromatic N) is 6. The molecule has 0 saturated carbocycles. The molecule has 6 amide bonds. The number of benzene rings is 8. The van der Waals surface area contributed by atoms with Gasteiger partial charge in [0.15, 0.2) is 0 Å². The number of carboxylic acid groups (broad SMARTS) is 1. The average molecular weight is 1880 g/mol. The molecule has 748 valence electrons.